The van der Waals surface area contributed by atoms with Crippen LogP contribution in [0.3, 0.4) is 0 Å². The van der Waals surface area contributed by atoms with Gasteiger partial charge in [0.05, 0.1) is 6.54 Å². The summed E-state index contributed by atoms with van der Waals surface area (Å²) in [6.45, 7) is 3.69. The topological polar surface area (TPSA) is 62.6 Å². The highest BCUT2D eigenvalue weighted by Crippen LogP contribution is 2.14. The normalized spacial score (nSPS) is 10.4. The number of nitrogens with zero attached hydrogens (tertiary/aromatic N) is 1. The van der Waals surface area contributed by atoms with E-state index in [1.807, 2.05) is 13.8 Å². The summed E-state index contributed by atoms with van der Waals surface area (Å²) < 4.78 is 4.97. The molecule has 6 heteroatoms. The van der Waals surface area contributed by atoms with E-state index in [1.54, 1.807) is 0 Å². The molecule has 0 aliphatic carbocycles. The van der Waals surface area contributed by atoms with E-state index in [0.29, 0.717) is 0 Å². The zero-order valence-corrected chi connectivity index (χ0v) is 10.7. The van der Waals surface area contributed by atoms with Crippen molar-refractivity contribution in [3.63, 3.8) is 0 Å². The molecule has 5 nitrogen and oxygen atoms in total. The van der Waals surface area contributed by atoms with E-state index >= 15 is 0 Å². The van der Waals surface area contributed by atoms with Gasteiger partial charge < -0.3 is 14.6 Å². The molecule has 1 aromatic heterocycles. The van der Waals surface area contributed by atoms with Gasteiger partial charge in [-0.25, -0.2) is 0 Å². The summed E-state index contributed by atoms with van der Waals surface area (Å²) in [5, 5.41) is 2.84. The van der Waals surface area contributed by atoms with Crippen LogP contribution < -0.4 is 5.32 Å². The van der Waals surface area contributed by atoms with Crippen LogP contribution in [0.15, 0.2) is 16.5 Å². The summed E-state index contributed by atoms with van der Waals surface area (Å²) in [5.74, 6) is -0.473. The summed E-state index contributed by atoms with van der Waals surface area (Å²) in [5.41, 5.74) is 0. The SMILES string of the molecule is CC(C)NC(=O)CN(C)C(=O)c1ccc(Cl)o1. The largest absolute Gasteiger partial charge is 0.440 e. The zero-order chi connectivity index (χ0) is 13.0. The van der Waals surface area contributed by atoms with Gasteiger partial charge in [0, 0.05) is 13.1 Å². The number of furan rings is 1. The lowest BCUT2D eigenvalue weighted by Gasteiger charge is -2.16. The number of amides is 2. The van der Waals surface area contributed by atoms with Crippen LogP contribution in [0.4, 0.5) is 0 Å². The highest BCUT2D eigenvalue weighted by molar-refractivity contribution is 6.29. The molecule has 2 amide bonds. The van der Waals surface area contributed by atoms with Gasteiger partial charge in [-0.1, -0.05) is 0 Å². The Morgan fingerprint density at radius 3 is 2.59 bits per heavy atom. The van der Waals surface area contributed by atoms with Gasteiger partial charge in [0.15, 0.2) is 11.0 Å². The monoisotopic (exact) mass is 258 g/mol. The lowest BCUT2D eigenvalue weighted by molar-refractivity contribution is -0.122. The lowest BCUT2D eigenvalue weighted by Crippen LogP contribution is -2.40. The third-order valence-electron chi connectivity index (χ3n) is 1.96. The minimum absolute atomic E-state index is 0.0185. The fourth-order valence-corrected chi connectivity index (χ4v) is 1.42. The maximum atomic E-state index is 11.8. The van der Waals surface area contributed by atoms with Gasteiger partial charge in [-0.2, -0.15) is 0 Å². The molecule has 0 saturated carbocycles. The number of nitrogens with one attached hydrogen (secondary N) is 1. The van der Waals surface area contributed by atoms with Gasteiger partial charge >= 0.3 is 0 Å². The number of rotatable bonds is 4. The standard InChI is InChI=1S/C11H15ClN2O3/c1-7(2)13-10(15)6-14(3)11(16)8-4-5-9(12)17-8/h4-5,7H,6H2,1-3H3,(H,13,15). The van der Waals surface area contributed by atoms with Crippen LogP contribution in [0, 0.1) is 0 Å². The first-order chi connectivity index (χ1) is 7.90. The predicted molar refractivity (Wildman–Crippen MR) is 64.0 cm³/mol. The summed E-state index contributed by atoms with van der Waals surface area (Å²) in [7, 11) is 1.53. The van der Waals surface area contributed by atoms with Crippen LogP contribution in [0.1, 0.15) is 24.4 Å². The lowest BCUT2D eigenvalue weighted by atomic mass is 10.3. The number of hydrogen-bond donors (Lipinski definition) is 1. The third-order valence-corrected chi connectivity index (χ3v) is 2.16. The summed E-state index contributed by atoms with van der Waals surface area (Å²) in [6, 6.07) is 3.00. The van der Waals surface area contributed by atoms with Crippen LogP contribution in [0.25, 0.3) is 0 Å². The van der Waals surface area contributed by atoms with Crippen LogP contribution in [0.5, 0.6) is 0 Å². The first-order valence-corrected chi connectivity index (χ1v) is 5.58. The van der Waals surface area contributed by atoms with Crippen molar-refractivity contribution in [3.8, 4) is 0 Å². The average Bonchev–Trinajstić information content (AvgIpc) is 2.62. The van der Waals surface area contributed by atoms with Crippen molar-refractivity contribution in [1.29, 1.82) is 0 Å². The average molecular weight is 259 g/mol. The van der Waals surface area contributed by atoms with Crippen LogP contribution in [-0.2, 0) is 4.79 Å². The van der Waals surface area contributed by atoms with E-state index in [4.69, 9.17) is 16.0 Å². The Kier molecular flexibility index (Phi) is 4.57. The Morgan fingerprint density at radius 1 is 1.47 bits per heavy atom. The maximum Gasteiger partial charge on any atom is 0.289 e. The highest BCUT2D eigenvalue weighted by Gasteiger charge is 2.18. The van der Waals surface area contributed by atoms with E-state index in [1.165, 1.54) is 24.1 Å². The summed E-state index contributed by atoms with van der Waals surface area (Å²) in [4.78, 5) is 24.5. The Bertz CT molecular complexity index is 415. The van der Waals surface area contributed by atoms with Crippen molar-refractivity contribution in [1.82, 2.24) is 10.2 Å². The molecule has 0 aromatic carbocycles. The highest BCUT2D eigenvalue weighted by atomic mass is 35.5. The van der Waals surface area contributed by atoms with Crippen molar-refractivity contribution < 1.29 is 14.0 Å². The first kappa shape index (κ1) is 13.6. The van der Waals surface area contributed by atoms with Crippen molar-refractivity contribution in [2.75, 3.05) is 13.6 Å². The molecule has 0 aliphatic rings. The molecule has 0 aliphatic heterocycles. The number of hydrogen-bond acceptors (Lipinski definition) is 3. The maximum absolute atomic E-state index is 11.8. The van der Waals surface area contributed by atoms with E-state index in [2.05, 4.69) is 5.32 Å². The number of likely N-dealkylation sites (N-methyl/N-ethyl adjacent to an activating group) is 1. The molecule has 0 radical (unpaired) electrons. The Hall–Kier alpha value is -1.49. The fraction of sp³-hybridized carbons (Fsp3) is 0.455. The Labute approximate surface area is 105 Å². The van der Waals surface area contributed by atoms with E-state index < -0.39 is 0 Å². The molecule has 0 fully saturated rings. The van der Waals surface area contributed by atoms with Crippen LogP contribution in [-0.4, -0.2) is 36.3 Å². The minimum Gasteiger partial charge on any atom is -0.440 e. The van der Waals surface area contributed by atoms with E-state index in [9.17, 15) is 9.59 Å². The molecule has 0 saturated heterocycles. The van der Waals surface area contributed by atoms with Gasteiger partial charge in [-0.3, -0.25) is 9.59 Å². The quantitative estimate of drug-likeness (QED) is 0.891. The summed E-state index contributed by atoms with van der Waals surface area (Å²) >= 11 is 5.57. The predicted octanol–water partition coefficient (Wildman–Crippen LogP) is 1.53. The van der Waals surface area contributed by atoms with Crippen LogP contribution in [0.2, 0.25) is 5.22 Å². The molecule has 0 bridgehead atoms. The fourth-order valence-electron chi connectivity index (χ4n) is 1.27. The van der Waals surface area contributed by atoms with Gasteiger partial charge in [-0.05, 0) is 37.6 Å². The van der Waals surface area contributed by atoms with Gasteiger partial charge in [0.1, 0.15) is 0 Å². The van der Waals surface area contributed by atoms with E-state index in [0.717, 1.165) is 0 Å². The molecule has 1 rings (SSSR count). The molecule has 17 heavy (non-hydrogen) atoms. The van der Waals surface area contributed by atoms with Gasteiger partial charge in [-0.15, -0.1) is 0 Å². The van der Waals surface area contributed by atoms with Gasteiger partial charge in [0.2, 0.25) is 5.91 Å². The van der Waals surface area contributed by atoms with E-state index in [-0.39, 0.29) is 35.4 Å². The van der Waals surface area contributed by atoms with Crippen molar-refractivity contribution in [2.45, 2.75) is 19.9 Å². The zero-order valence-electron chi connectivity index (χ0n) is 9.99. The molecular weight excluding hydrogens is 244 g/mol. The van der Waals surface area contributed by atoms with Crippen molar-refractivity contribution >= 4 is 23.4 Å². The molecule has 0 unspecified atom stereocenters. The van der Waals surface area contributed by atoms with Crippen LogP contribution >= 0.6 is 11.6 Å². The second kappa shape index (κ2) is 5.72. The van der Waals surface area contributed by atoms with Gasteiger partial charge in [0.25, 0.3) is 5.91 Å². The minimum atomic E-state index is -0.379. The number of carbonyl (C=O) groups excluding carboxylic acids is 2. The molecule has 0 spiro atoms. The summed E-state index contributed by atoms with van der Waals surface area (Å²) in [6.07, 6.45) is 0. The molecule has 1 heterocycles. The second-order valence-corrected chi connectivity index (χ2v) is 4.36. The molecular formula is C11H15ClN2O3. The smallest absolute Gasteiger partial charge is 0.289 e. The molecule has 1 N–H and O–H groups in total. The Balaban J connectivity index is 2.56. The molecule has 94 valence electrons. The van der Waals surface area contributed by atoms with Crippen molar-refractivity contribution in [2.24, 2.45) is 0 Å². The van der Waals surface area contributed by atoms with Crippen molar-refractivity contribution in [3.05, 3.63) is 23.1 Å². The number of halogens is 1. The Morgan fingerprint density at radius 2 is 2.12 bits per heavy atom. The number of carbonyl (C=O) groups is 2. The second-order valence-electron chi connectivity index (χ2n) is 3.99. The molecule has 0 atom stereocenters. The molecule has 1 aromatic rings. The first-order valence-electron chi connectivity index (χ1n) is 5.20. The third kappa shape index (κ3) is 4.11.